The Morgan fingerprint density at radius 2 is 1.83 bits per heavy atom. The number of hydrogen-bond acceptors (Lipinski definition) is 10. The number of ether oxygens (including phenoxy) is 3. The first-order valence-corrected chi connectivity index (χ1v) is 21.4. The summed E-state index contributed by atoms with van der Waals surface area (Å²) < 4.78 is 86.1. The van der Waals surface area contributed by atoms with Crippen LogP contribution in [0.3, 0.4) is 0 Å². The molecule has 2 aliphatic carbocycles. The zero-order valence-electron chi connectivity index (χ0n) is 33.3. The summed E-state index contributed by atoms with van der Waals surface area (Å²) in [5, 5.41) is 5.87. The van der Waals surface area contributed by atoms with Gasteiger partial charge in [-0.1, -0.05) is 32.9 Å². The third-order valence-electron chi connectivity index (χ3n) is 11.4. The maximum atomic E-state index is 14.7. The second-order valence-corrected chi connectivity index (χ2v) is 18.6. The van der Waals surface area contributed by atoms with E-state index in [4.69, 9.17) is 14.2 Å². The van der Waals surface area contributed by atoms with Crippen molar-refractivity contribution in [3.05, 3.63) is 42.6 Å². The molecule has 3 heterocycles. The summed E-state index contributed by atoms with van der Waals surface area (Å²) in [5.41, 5.74) is -4.50. The van der Waals surface area contributed by atoms with E-state index in [1.165, 1.54) is 4.90 Å². The van der Waals surface area contributed by atoms with Crippen molar-refractivity contribution in [3.63, 3.8) is 0 Å². The van der Waals surface area contributed by atoms with Gasteiger partial charge in [-0.05, 0) is 100 Å². The number of sulfonamides is 1. The molecule has 2 saturated carbocycles. The van der Waals surface area contributed by atoms with Crippen LogP contribution >= 0.6 is 0 Å². The summed E-state index contributed by atoms with van der Waals surface area (Å²) in [4.78, 5) is 61.7. The van der Waals surface area contributed by atoms with Crippen molar-refractivity contribution in [2.24, 2.45) is 17.8 Å². The lowest BCUT2D eigenvalue weighted by molar-refractivity contribution is -0.244. The quantitative estimate of drug-likeness (QED) is 0.266. The van der Waals surface area contributed by atoms with Gasteiger partial charge in [0.15, 0.2) is 0 Å². The van der Waals surface area contributed by atoms with Gasteiger partial charge in [-0.25, -0.2) is 18.2 Å². The van der Waals surface area contributed by atoms with Crippen LogP contribution in [-0.2, 0) is 29.1 Å². The molecule has 18 heteroatoms. The normalized spacial score (nSPS) is 28.3. The predicted octanol–water partition coefficient (Wildman–Crippen LogP) is 5.30. The molecular formula is C40H52F3N5O9S. The van der Waals surface area contributed by atoms with Crippen molar-refractivity contribution in [2.45, 2.75) is 127 Å². The van der Waals surface area contributed by atoms with Gasteiger partial charge in [-0.2, -0.15) is 13.2 Å². The monoisotopic (exact) mass is 835 g/mol. The zero-order valence-corrected chi connectivity index (χ0v) is 34.1. The van der Waals surface area contributed by atoms with Gasteiger partial charge in [-0.3, -0.25) is 19.1 Å². The fourth-order valence-corrected chi connectivity index (χ4v) is 9.00. The largest absolute Gasteiger partial charge is 0.494 e. The first kappa shape index (κ1) is 43.0. The van der Waals surface area contributed by atoms with Crippen LogP contribution in [0.2, 0.25) is 0 Å². The Bertz CT molecular complexity index is 2040. The molecule has 7 unspecified atom stereocenters. The molecule has 3 N–H and O–H groups in total. The summed E-state index contributed by atoms with van der Waals surface area (Å²) in [7, 11) is -3.98. The summed E-state index contributed by atoms with van der Waals surface area (Å²) in [6.07, 6.45) is 1.16. The third kappa shape index (κ3) is 9.47. The van der Waals surface area contributed by atoms with Gasteiger partial charge in [0.25, 0.3) is 5.91 Å². The number of aromatic nitrogens is 1. The number of alkyl carbamates (subject to hydrolysis) is 1. The summed E-state index contributed by atoms with van der Waals surface area (Å²) in [5.74, 6) is -2.76. The first-order valence-electron chi connectivity index (χ1n) is 19.8. The molecule has 4 aliphatic rings. The van der Waals surface area contributed by atoms with Gasteiger partial charge in [0, 0.05) is 23.9 Å². The van der Waals surface area contributed by atoms with E-state index in [-0.39, 0.29) is 31.2 Å². The number of carbonyl (C=O) groups excluding carboxylic acids is 4. The lowest BCUT2D eigenvalue weighted by Gasteiger charge is -2.34. The molecule has 318 valence electrons. The number of nitrogens with one attached hydrogen (secondary N) is 3. The van der Waals surface area contributed by atoms with E-state index < -0.39 is 86.4 Å². The molecule has 14 nitrogen and oxygen atoms in total. The number of benzene rings is 1. The van der Waals surface area contributed by atoms with Crippen LogP contribution in [0.5, 0.6) is 11.6 Å². The topological polar surface area (TPSA) is 182 Å². The molecule has 6 rings (SSSR count). The molecule has 2 aromatic rings. The number of rotatable bonds is 10. The molecule has 1 aromatic carbocycles. The van der Waals surface area contributed by atoms with Crippen LogP contribution in [0, 0.1) is 17.8 Å². The highest BCUT2D eigenvalue weighted by atomic mass is 32.2. The van der Waals surface area contributed by atoms with E-state index in [0.717, 1.165) is 11.8 Å². The maximum absolute atomic E-state index is 14.7. The number of nitrogens with zero attached hydrogens (tertiary/aromatic N) is 2. The van der Waals surface area contributed by atoms with Crippen LogP contribution in [0.15, 0.2) is 42.6 Å². The van der Waals surface area contributed by atoms with Crippen LogP contribution in [-0.4, -0.2) is 96.0 Å². The number of amides is 4. The van der Waals surface area contributed by atoms with Crippen molar-refractivity contribution in [1.29, 1.82) is 0 Å². The Morgan fingerprint density at radius 1 is 1.09 bits per heavy atom. The van der Waals surface area contributed by atoms with E-state index in [1.807, 2.05) is 26.0 Å². The van der Waals surface area contributed by atoms with Crippen molar-refractivity contribution < 1.29 is 55.0 Å². The third-order valence-corrected chi connectivity index (χ3v) is 13.2. The van der Waals surface area contributed by atoms with Gasteiger partial charge in [-0.15, -0.1) is 0 Å². The minimum atomic E-state index is -4.91. The first-order chi connectivity index (χ1) is 27.2. The second kappa shape index (κ2) is 16.6. The van der Waals surface area contributed by atoms with E-state index in [0.29, 0.717) is 63.7 Å². The van der Waals surface area contributed by atoms with Gasteiger partial charge in [0.2, 0.25) is 33.3 Å². The van der Waals surface area contributed by atoms with E-state index in [1.54, 1.807) is 37.4 Å². The molecular weight excluding hydrogens is 784 g/mol. The summed E-state index contributed by atoms with van der Waals surface area (Å²) in [6.45, 7) is 7.34. The van der Waals surface area contributed by atoms with E-state index in [2.05, 4.69) is 20.3 Å². The Balaban J connectivity index is 1.34. The second-order valence-electron chi connectivity index (χ2n) is 16.6. The van der Waals surface area contributed by atoms with Crippen LogP contribution in [0.4, 0.5) is 18.0 Å². The summed E-state index contributed by atoms with van der Waals surface area (Å²) in [6, 6.07) is 4.43. The molecule has 7 atom stereocenters. The smallest absolute Gasteiger partial charge is 0.427 e. The molecule has 0 radical (unpaired) electrons. The lowest BCUT2D eigenvalue weighted by atomic mass is 9.88. The Morgan fingerprint density at radius 3 is 2.52 bits per heavy atom. The minimum Gasteiger partial charge on any atom is -0.494 e. The van der Waals surface area contributed by atoms with Gasteiger partial charge in [0.05, 0.1) is 18.4 Å². The average molecular weight is 836 g/mol. The highest BCUT2D eigenvalue weighted by Gasteiger charge is 2.62. The molecule has 3 fully saturated rings. The molecule has 0 bridgehead atoms. The Labute approximate surface area is 336 Å². The Hall–Kier alpha value is -4.61. The SMILES string of the molecule is CCCOc1ccc2c(OC3CC4C(=O)NC5(C(=O)NS(=O)(=O)C6CC6)CC5C=CCCC(C)CC(C)C(NC(=O)OC(C)(C)C(F)(F)F)C(=O)N4C3)nccc2c1. The number of hydrogen-bond donors (Lipinski definition) is 3. The molecule has 4 amide bonds. The van der Waals surface area contributed by atoms with Crippen molar-refractivity contribution >= 4 is 44.6 Å². The maximum Gasteiger partial charge on any atom is 0.427 e. The van der Waals surface area contributed by atoms with E-state index in [9.17, 15) is 40.8 Å². The number of alkyl halides is 3. The van der Waals surface area contributed by atoms with Gasteiger partial charge >= 0.3 is 12.3 Å². The molecule has 1 aromatic heterocycles. The number of fused-ring (bicyclic) bond motifs is 3. The minimum absolute atomic E-state index is 0.0315. The molecule has 1 saturated heterocycles. The number of pyridine rings is 1. The summed E-state index contributed by atoms with van der Waals surface area (Å²) >= 11 is 0. The van der Waals surface area contributed by atoms with Crippen LogP contribution in [0.25, 0.3) is 10.8 Å². The molecule has 0 spiro atoms. The Kier molecular flexibility index (Phi) is 12.3. The average Bonchev–Trinajstić information content (AvgIpc) is 4.07. The number of allylic oxidation sites excluding steroid dienone is 1. The standard InChI is InChI=1S/C40H52F3N5O9S/c1-6-17-55-27-11-14-30-25(19-27)15-16-44-34(30)56-28-20-31-33(49)46-39(36(51)47-58(53,54)29-12-13-29)21-26(39)10-8-7-9-23(2)18-24(3)32(35(50)48(31)22-28)45-37(52)57-38(4,5)40(41,42)43/h8,10-11,14-16,19,23-24,26,28-29,31-32H,6-7,9,12-13,17-18,20-22H2,1-5H3,(H,45,52)(H,46,49)(H,47,51). The van der Waals surface area contributed by atoms with Crippen molar-refractivity contribution in [1.82, 2.24) is 25.2 Å². The van der Waals surface area contributed by atoms with Crippen LogP contribution < -0.4 is 24.8 Å². The fourth-order valence-electron chi connectivity index (χ4n) is 7.63. The van der Waals surface area contributed by atoms with Gasteiger partial charge in [0.1, 0.15) is 29.5 Å². The van der Waals surface area contributed by atoms with E-state index >= 15 is 0 Å². The van der Waals surface area contributed by atoms with Crippen LogP contribution in [0.1, 0.15) is 86.0 Å². The molecule has 2 aliphatic heterocycles. The zero-order chi connectivity index (χ0) is 42.2. The van der Waals surface area contributed by atoms with Crippen molar-refractivity contribution in [3.8, 4) is 11.6 Å². The number of carbonyl (C=O) groups is 4. The highest BCUT2D eigenvalue weighted by Crippen LogP contribution is 2.46. The number of halogens is 3. The highest BCUT2D eigenvalue weighted by molar-refractivity contribution is 7.91. The molecule has 58 heavy (non-hydrogen) atoms. The lowest BCUT2D eigenvalue weighted by Crippen LogP contribution is -2.59. The predicted molar refractivity (Wildman–Crippen MR) is 206 cm³/mol. The fraction of sp³-hybridized carbons (Fsp3) is 0.625. The van der Waals surface area contributed by atoms with Gasteiger partial charge < -0.3 is 29.7 Å². The van der Waals surface area contributed by atoms with Crippen molar-refractivity contribution in [2.75, 3.05) is 13.2 Å².